The van der Waals surface area contributed by atoms with Gasteiger partial charge in [0.15, 0.2) is 17.7 Å². The van der Waals surface area contributed by atoms with Gasteiger partial charge >= 0.3 is 23.5 Å². The van der Waals surface area contributed by atoms with Crippen LogP contribution in [0.5, 0.6) is 0 Å². The molecule has 0 bridgehead atoms. The summed E-state index contributed by atoms with van der Waals surface area (Å²) in [6.45, 7) is 0.257. The van der Waals surface area contributed by atoms with Gasteiger partial charge in [0, 0.05) is 36.3 Å². The topological polar surface area (TPSA) is 410 Å². The maximum absolute atomic E-state index is 12.7. The first-order chi connectivity index (χ1) is 26.9. The van der Waals surface area contributed by atoms with Gasteiger partial charge in [0.25, 0.3) is 0 Å². The van der Waals surface area contributed by atoms with Crippen LogP contribution in [0, 0.1) is 5.41 Å². The Morgan fingerprint density at radius 3 is 2.43 bits per heavy atom. The highest BCUT2D eigenvalue weighted by molar-refractivity contribution is 8.14. The maximum atomic E-state index is 12.7. The predicted molar refractivity (Wildman–Crippen MR) is 198 cm³/mol. The van der Waals surface area contributed by atoms with Crippen LogP contribution < -0.4 is 22.1 Å². The van der Waals surface area contributed by atoms with Crippen molar-refractivity contribution >= 4 is 69.1 Å². The quantitative estimate of drug-likeness (QED) is 0.0498. The number of thioether (sulfide) groups is 1. The summed E-state index contributed by atoms with van der Waals surface area (Å²) >= 11 is 0.889. The fourth-order valence-electron chi connectivity index (χ4n) is 5.25. The first kappa shape index (κ1) is 47.6. The van der Waals surface area contributed by atoms with Crippen molar-refractivity contribution in [2.45, 2.75) is 63.1 Å². The Bertz CT molecular complexity index is 2030. The molecule has 58 heavy (non-hydrogen) atoms. The van der Waals surface area contributed by atoms with E-state index in [4.69, 9.17) is 25.3 Å². The first-order valence-electron chi connectivity index (χ1n) is 16.8. The van der Waals surface area contributed by atoms with E-state index in [0.29, 0.717) is 0 Å². The molecule has 26 nitrogen and oxygen atoms in total. The van der Waals surface area contributed by atoms with Crippen molar-refractivity contribution in [3.05, 3.63) is 36.5 Å². The molecule has 4 rings (SSSR count). The number of carbonyl (C=O) groups excluding carboxylic acids is 3. The van der Waals surface area contributed by atoms with Crippen molar-refractivity contribution in [3.8, 4) is 0 Å². The third kappa shape index (κ3) is 13.0. The number of nitrogens with one attached hydrogen (secondary N) is 2. The Hall–Kier alpha value is -3.04. The van der Waals surface area contributed by atoms with Crippen LogP contribution >= 0.6 is 35.2 Å². The minimum absolute atomic E-state index is 0.0224. The van der Waals surface area contributed by atoms with Crippen molar-refractivity contribution in [2.24, 2.45) is 11.1 Å². The van der Waals surface area contributed by atoms with E-state index in [2.05, 4.69) is 34.4 Å². The molecule has 9 atom stereocenters. The smallest absolute Gasteiger partial charge is 0.387 e. The number of ether oxygens (including phenoxy) is 1. The highest BCUT2D eigenvalue weighted by atomic mass is 32.2. The fourth-order valence-corrected chi connectivity index (χ4v) is 8.84. The standard InChI is InChI=1S/C28H43N8O18P3S/c1-28(2,22(40)25(41)32-7-6-17(38)31-8-9-58-27(42)14-4-3-5-15(37)18(14)29)11-51-57(48,49)54-56(46,47)50-10-16-21(53-55(43,44)45)20(39)26(52-16)36-13-35-19-23(30)33-12-34-24(19)36/h3-5,12-13,15-16,18,20-22,26,37,39-40H,6-11,29H2,1-2H3,(H,31,38)(H,32,41)(H,46,47)(H,48,49)(H2,30,33,34)(H2,43,44,45). The van der Waals surface area contributed by atoms with Crippen LogP contribution in [0.3, 0.4) is 0 Å². The van der Waals surface area contributed by atoms with Crippen LogP contribution in [-0.2, 0) is 50.7 Å². The number of nitrogens with two attached hydrogens (primary N) is 2. The van der Waals surface area contributed by atoms with Crippen molar-refractivity contribution < 1.29 is 85.6 Å². The number of imidazole rings is 1. The molecule has 1 aliphatic heterocycles. The number of phosphoric ester groups is 3. The van der Waals surface area contributed by atoms with Gasteiger partial charge < -0.3 is 61.7 Å². The molecule has 1 aliphatic carbocycles. The van der Waals surface area contributed by atoms with E-state index in [1.807, 2.05) is 0 Å². The lowest BCUT2D eigenvalue weighted by Gasteiger charge is -2.30. The summed E-state index contributed by atoms with van der Waals surface area (Å²) in [5.74, 6) is -1.37. The van der Waals surface area contributed by atoms with Crippen molar-refractivity contribution in [2.75, 3.05) is 37.8 Å². The Morgan fingerprint density at radius 1 is 1.05 bits per heavy atom. The number of anilines is 1. The summed E-state index contributed by atoms with van der Waals surface area (Å²) in [4.78, 5) is 88.0. The van der Waals surface area contributed by atoms with Crippen molar-refractivity contribution in [1.29, 1.82) is 0 Å². The third-order valence-electron chi connectivity index (χ3n) is 8.28. The molecule has 9 unspecified atom stereocenters. The normalized spacial score (nSPS) is 25.1. The molecule has 2 aromatic heterocycles. The largest absolute Gasteiger partial charge is 0.481 e. The summed E-state index contributed by atoms with van der Waals surface area (Å²) in [5, 5.41) is 35.7. The fraction of sp³-hybridized carbons (Fsp3) is 0.571. The lowest BCUT2D eigenvalue weighted by molar-refractivity contribution is -0.137. The number of fused-ring (bicyclic) bond motifs is 1. The van der Waals surface area contributed by atoms with Crippen LogP contribution in [0.25, 0.3) is 11.2 Å². The molecule has 2 aromatic rings. The number of allylic oxidation sites excluding steroid dienone is 2. The van der Waals surface area contributed by atoms with Gasteiger partial charge in [-0.15, -0.1) is 0 Å². The lowest BCUT2D eigenvalue weighted by Crippen LogP contribution is -2.46. The van der Waals surface area contributed by atoms with E-state index in [0.717, 1.165) is 29.0 Å². The molecular formula is C28H43N8O18P3S. The summed E-state index contributed by atoms with van der Waals surface area (Å²) in [7, 11) is -16.4. The number of nitrogen functional groups attached to an aromatic ring is 1. The van der Waals surface area contributed by atoms with E-state index in [9.17, 15) is 63.0 Å². The first-order valence-corrected chi connectivity index (χ1v) is 22.3. The van der Waals surface area contributed by atoms with E-state index in [1.54, 1.807) is 0 Å². The Morgan fingerprint density at radius 2 is 1.74 bits per heavy atom. The van der Waals surface area contributed by atoms with Gasteiger partial charge in [0.05, 0.1) is 31.7 Å². The average molecular weight is 905 g/mol. The van der Waals surface area contributed by atoms with Crippen LogP contribution in [0.4, 0.5) is 5.82 Å². The second kappa shape index (κ2) is 19.6. The number of hydrogen-bond acceptors (Lipinski definition) is 20. The monoisotopic (exact) mass is 904 g/mol. The average Bonchev–Trinajstić information content (AvgIpc) is 3.69. The molecule has 30 heteroatoms. The van der Waals surface area contributed by atoms with E-state index in [1.165, 1.54) is 32.1 Å². The van der Waals surface area contributed by atoms with E-state index in [-0.39, 0.29) is 52.9 Å². The minimum atomic E-state index is -5.59. The highest BCUT2D eigenvalue weighted by Crippen LogP contribution is 2.61. The van der Waals surface area contributed by atoms with Crippen LogP contribution in [0.15, 0.2) is 36.5 Å². The minimum Gasteiger partial charge on any atom is -0.387 e. The second-order valence-electron chi connectivity index (χ2n) is 13.2. The number of nitrogens with zero attached hydrogens (tertiary/aromatic N) is 4. The van der Waals surface area contributed by atoms with Gasteiger partial charge in [-0.2, -0.15) is 4.31 Å². The molecule has 13 N–H and O–H groups in total. The number of carbonyl (C=O) groups is 3. The highest BCUT2D eigenvalue weighted by Gasteiger charge is 2.50. The zero-order chi connectivity index (χ0) is 43.2. The lowest BCUT2D eigenvalue weighted by atomic mass is 9.87. The molecule has 324 valence electrons. The van der Waals surface area contributed by atoms with Crippen molar-refractivity contribution in [1.82, 2.24) is 30.2 Å². The number of hydrogen-bond donors (Lipinski definition) is 11. The van der Waals surface area contributed by atoms with Gasteiger partial charge in [0.2, 0.25) is 16.9 Å². The molecule has 1 fully saturated rings. The van der Waals surface area contributed by atoms with Crippen LogP contribution in [-0.4, -0.2) is 140 Å². The van der Waals surface area contributed by atoms with E-state index < -0.39 is 96.7 Å². The molecule has 0 saturated carbocycles. The number of aromatic nitrogens is 4. The molecule has 0 aromatic carbocycles. The van der Waals surface area contributed by atoms with E-state index >= 15 is 0 Å². The van der Waals surface area contributed by atoms with Gasteiger partial charge in [-0.1, -0.05) is 43.8 Å². The third-order valence-corrected chi connectivity index (χ3v) is 12.3. The molecule has 3 heterocycles. The van der Waals surface area contributed by atoms with Gasteiger partial charge in [0.1, 0.15) is 36.3 Å². The van der Waals surface area contributed by atoms with Crippen molar-refractivity contribution in [3.63, 3.8) is 0 Å². The second-order valence-corrected chi connectivity index (χ2v) is 18.5. The zero-order valence-electron chi connectivity index (χ0n) is 30.5. The zero-order valence-corrected chi connectivity index (χ0v) is 34.0. The number of phosphoric acid groups is 3. The molecule has 2 amide bonds. The summed E-state index contributed by atoms with van der Waals surface area (Å²) in [6.07, 6.45) is -3.58. The molecule has 2 aliphatic rings. The molecule has 0 spiro atoms. The maximum Gasteiger partial charge on any atom is 0.481 e. The number of amides is 2. The van der Waals surface area contributed by atoms with Gasteiger partial charge in [-0.25, -0.2) is 28.6 Å². The molecule has 1 saturated heterocycles. The molecular weight excluding hydrogens is 861 g/mol. The van der Waals surface area contributed by atoms with Gasteiger partial charge in [-0.3, -0.25) is 32.5 Å². The van der Waals surface area contributed by atoms with Crippen LogP contribution in [0.1, 0.15) is 26.5 Å². The number of rotatable bonds is 20. The van der Waals surface area contributed by atoms with Gasteiger partial charge in [-0.05, 0) is 0 Å². The molecule has 0 radical (unpaired) electrons. The number of aliphatic hydroxyl groups is 3. The Kier molecular flexibility index (Phi) is 16.1. The summed E-state index contributed by atoms with van der Waals surface area (Å²) < 4.78 is 62.1. The predicted octanol–water partition coefficient (Wildman–Crippen LogP) is -2.15. The SMILES string of the molecule is CC(C)(COP(=O)(O)OP(=O)(O)OCC1OC(n2cnc3c(N)ncnc32)C(O)C1OP(=O)(O)O)C(O)C(=O)NCCC(=O)NCCSC(=O)C1=CC=CC(O)C1N. The Balaban J connectivity index is 1.22. The summed E-state index contributed by atoms with van der Waals surface area (Å²) in [5.41, 5.74) is 10.3. The Labute approximate surface area is 332 Å². The summed E-state index contributed by atoms with van der Waals surface area (Å²) in [6, 6.07) is -0.863. The van der Waals surface area contributed by atoms with Crippen LogP contribution in [0.2, 0.25) is 0 Å². The number of aliphatic hydroxyl groups excluding tert-OH is 3.